The largest absolute Gasteiger partial charge is 0.457 e. The Morgan fingerprint density at radius 3 is 2.03 bits per heavy atom. The monoisotopic (exact) mass is 591 g/mol. The number of nitrogens with one attached hydrogen (secondary N) is 1. The van der Waals surface area contributed by atoms with Gasteiger partial charge in [0.25, 0.3) is 0 Å². The molecule has 0 spiro atoms. The van der Waals surface area contributed by atoms with Crippen molar-refractivity contribution in [2.24, 2.45) is 0 Å². The van der Waals surface area contributed by atoms with Crippen LogP contribution in [0, 0.1) is 0 Å². The molecule has 1 atom stereocenters. The van der Waals surface area contributed by atoms with E-state index in [0.717, 1.165) is 10.6 Å². The summed E-state index contributed by atoms with van der Waals surface area (Å²) in [5, 5.41) is 3.41. The third kappa shape index (κ3) is 8.11. The molecule has 0 aromatic heterocycles. The van der Waals surface area contributed by atoms with Crippen molar-refractivity contribution in [3.63, 3.8) is 0 Å². The van der Waals surface area contributed by atoms with Gasteiger partial charge in [0.1, 0.15) is 24.1 Å². The van der Waals surface area contributed by atoms with Gasteiger partial charge in [0, 0.05) is 28.7 Å². The van der Waals surface area contributed by atoms with E-state index in [1.165, 1.54) is 4.90 Å². The van der Waals surface area contributed by atoms with Crippen LogP contribution in [0.3, 0.4) is 0 Å². The van der Waals surface area contributed by atoms with Gasteiger partial charge in [-0.05, 0) is 61.9 Å². The smallest absolute Gasteiger partial charge is 0.244 e. The number of amides is 2. The fraction of sp³-hybridized carbons (Fsp3) is 0.286. The van der Waals surface area contributed by atoms with Gasteiger partial charge >= 0.3 is 0 Å². The highest BCUT2D eigenvalue weighted by molar-refractivity contribution is 7.92. The number of hydrogen-bond donors (Lipinski definition) is 1. The summed E-state index contributed by atoms with van der Waals surface area (Å²) in [7, 11) is -3.88. The molecule has 0 radical (unpaired) electrons. The van der Waals surface area contributed by atoms with Gasteiger partial charge < -0.3 is 15.0 Å². The van der Waals surface area contributed by atoms with Gasteiger partial charge in [-0.2, -0.15) is 0 Å². The van der Waals surface area contributed by atoms with Crippen LogP contribution in [0.15, 0.2) is 72.8 Å². The van der Waals surface area contributed by atoms with E-state index >= 15 is 0 Å². The molecule has 0 aliphatic carbocycles. The summed E-state index contributed by atoms with van der Waals surface area (Å²) in [6, 6.07) is 19.6. The molecule has 2 amide bonds. The summed E-state index contributed by atoms with van der Waals surface area (Å²) in [4.78, 5) is 28.0. The molecular formula is C28H31Cl2N3O5S. The second-order valence-corrected chi connectivity index (χ2v) is 11.4. The van der Waals surface area contributed by atoms with Gasteiger partial charge in [-0.1, -0.05) is 54.4 Å². The average molecular weight is 593 g/mol. The molecule has 0 aliphatic rings. The second-order valence-electron chi connectivity index (χ2n) is 8.72. The van der Waals surface area contributed by atoms with Crippen LogP contribution in [0.1, 0.15) is 25.8 Å². The lowest BCUT2D eigenvalue weighted by atomic mass is 10.1. The highest BCUT2D eigenvalue weighted by atomic mass is 35.5. The molecule has 0 aliphatic heterocycles. The molecule has 0 bridgehead atoms. The summed E-state index contributed by atoms with van der Waals surface area (Å²) >= 11 is 12.7. The Labute approximate surface area is 239 Å². The summed E-state index contributed by atoms with van der Waals surface area (Å²) < 4.78 is 32.4. The van der Waals surface area contributed by atoms with Crippen LogP contribution in [0.5, 0.6) is 11.5 Å². The fourth-order valence-corrected chi connectivity index (χ4v) is 5.35. The van der Waals surface area contributed by atoms with Crippen molar-refractivity contribution in [1.29, 1.82) is 0 Å². The number of rotatable bonds is 12. The number of sulfonamides is 1. The fourth-order valence-electron chi connectivity index (χ4n) is 3.98. The molecule has 0 fully saturated rings. The summed E-state index contributed by atoms with van der Waals surface area (Å²) in [6.45, 7) is 3.31. The molecule has 208 valence electrons. The maximum atomic E-state index is 13.7. The second kappa shape index (κ2) is 13.7. The van der Waals surface area contributed by atoms with E-state index in [9.17, 15) is 18.0 Å². The molecule has 1 N–H and O–H groups in total. The molecule has 3 aromatic rings. The standard InChI is InChI=1S/C28H31Cl2N3O5S/c1-4-26(28(35)31-5-2)32(18-23-24(29)12-9-13-25(23)30)27(34)19-33(39(3,36)37)20-14-16-22(17-15-20)38-21-10-7-6-8-11-21/h6-17,26H,4-5,18-19H2,1-3H3,(H,31,35). The Kier molecular flexibility index (Phi) is 10.6. The third-order valence-corrected chi connectivity index (χ3v) is 7.76. The Morgan fingerprint density at radius 1 is 0.897 bits per heavy atom. The number of likely N-dealkylation sites (N-methyl/N-ethyl adjacent to an activating group) is 1. The van der Waals surface area contributed by atoms with E-state index in [2.05, 4.69) is 5.32 Å². The molecule has 3 rings (SSSR count). The predicted octanol–water partition coefficient (Wildman–Crippen LogP) is 5.50. The lowest BCUT2D eigenvalue weighted by molar-refractivity contribution is -0.140. The van der Waals surface area contributed by atoms with E-state index in [1.54, 1.807) is 68.4 Å². The number of hydrogen-bond acceptors (Lipinski definition) is 5. The van der Waals surface area contributed by atoms with Crippen LogP contribution in [0.4, 0.5) is 5.69 Å². The first-order valence-electron chi connectivity index (χ1n) is 12.4. The minimum absolute atomic E-state index is 0.0750. The van der Waals surface area contributed by atoms with Crippen molar-refractivity contribution < 1.29 is 22.7 Å². The Morgan fingerprint density at radius 2 is 1.49 bits per heavy atom. The Balaban J connectivity index is 1.92. The quantitative estimate of drug-likeness (QED) is 0.300. The molecule has 0 saturated carbocycles. The van der Waals surface area contributed by atoms with Gasteiger partial charge in [-0.15, -0.1) is 0 Å². The predicted molar refractivity (Wildman–Crippen MR) is 155 cm³/mol. The summed E-state index contributed by atoms with van der Waals surface area (Å²) in [5.74, 6) is 0.191. The first-order chi connectivity index (χ1) is 18.5. The SMILES string of the molecule is CCNC(=O)C(CC)N(Cc1c(Cl)cccc1Cl)C(=O)CN(c1ccc(Oc2ccccc2)cc1)S(C)(=O)=O. The number of nitrogens with zero attached hydrogens (tertiary/aromatic N) is 2. The lowest BCUT2D eigenvalue weighted by Gasteiger charge is -2.33. The average Bonchev–Trinajstić information content (AvgIpc) is 2.89. The van der Waals surface area contributed by atoms with Crippen LogP contribution in [0.25, 0.3) is 0 Å². The minimum Gasteiger partial charge on any atom is -0.457 e. The van der Waals surface area contributed by atoms with E-state index < -0.39 is 28.5 Å². The molecule has 0 saturated heterocycles. The molecule has 11 heteroatoms. The summed E-state index contributed by atoms with van der Waals surface area (Å²) in [6.07, 6.45) is 1.31. The lowest BCUT2D eigenvalue weighted by Crippen LogP contribution is -2.52. The minimum atomic E-state index is -3.88. The molecular weight excluding hydrogens is 561 g/mol. The van der Waals surface area contributed by atoms with Gasteiger partial charge in [0.05, 0.1) is 11.9 Å². The van der Waals surface area contributed by atoms with Gasteiger partial charge in [0.2, 0.25) is 21.8 Å². The Bertz CT molecular complexity index is 1370. The van der Waals surface area contributed by atoms with Crippen molar-refractivity contribution in [2.75, 3.05) is 23.7 Å². The van der Waals surface area contributed by atoms with Crippen molar-refractivity contribution in [2.45, 2.75) is 32.9 Å². The molecule has 3 aromatic carbocycles. The zero-order chi connectivity index (χ0) is 28.6. The molecule has 1 unspecified atom stereocenters. The van der Waals surface area contributed by atoms with Crippen molar-refractivity contribution in [1.82, 2.24) is 10.2 Å². The number of benzene rings is 3. The third-order valence-electron chi connectivity index (χ3n) is 5.91. The zero-order valence-corrected chi connectivity index (χ0v) is 24.3. The van der Waals surface area contributed by atoms with Crippen molar-refractivity contribution in [3.8, 4) is 11.5 Å². The highest BCUT2D eigenvalue weighted by Crippen LogP contribution is 2.29. The summed E-state index contributed by atoms with van der Waals surface area (Å²) in [5.41, 5.74) is 0.735. The van der Waals surface area contributed by atoms with Crippen LogP contribution < -0.4 is 14.4 Å². The number of carbonyl (C=O) groups is 2. The molecule has 39 heavy (non-hydrogen) atoms. The van der Waals surface area contributed by atoms with E-state index in [1.807, 2.05) is 18.2 Å². The van der Waals surface area contributed by atoms with Crippen LogP contribution in [0.2, 0.25) is 10.0 Å². The number of halogens is 2. The van der Waals surface area contributed by atoms with Crippen LogP contribution >= 0.6 is 23.2 Å². The normalized spacial score (nSPS) is 11.9. The van der Waals surface area contributed by atoms with E-state index in [0.29, 0.717) is 40.1 Å². The maximum Gasteiger partial charge on any atom is 0.244 e. The van der Waals surface area contributed by atoms with Crippen molar-refractivity contribution in [3.05, 3.63) is 88.4 Å². The Hall–Kier alpha value is -3.27. The number of carbonyl (C=O) groups excluding carboxylic acids is 2. The van der Waals surface area contributed by atoms with Gasteiger partial charge in [0.15, 0.2) is 0 Å². The van der Waals surface area contributed by atoms with E-state index in [4.69, 9.17) is 27.9 Å². The van der Waals surface area contributed by atoms with Gasteiger partial charge in [-0.3, -0.25) is 13.9 Å². The molecule has 0 heterocycles. The maximum absolute atomic E-state index is 13.7. The number of para-hydroxylation sites is 1. The zero-order valence-electron chi connectivity index (χ0n) is 21.9. The van der Waals surface area contributed by atoms with Crippen LogP contribution in [-0.2, 0) is 26.2 Å². The topological polar surface area (TPSA) is 96.0 Å². The highest BCUT2D eigenvalue weighted by Gasteiger charge is 2.32. The van der Waals surface area contributed by atoms with E-state index in [-0.39, 0.29) is 18.1 Å². The van der Waals surface area contributed by atoms with Gasteiger partial charge in [-0.25, -0.2) is 8.42 Å². The number of anilines is 1. The molecule has 8 nitrogen and oxygen atoms in total. The number of ether oxygens (including phenoxy) is 1. The van der Waals surface area contributed by atoms with Crippen molar-refractivity contribution >= 4 is 50.7 Å². The van der Waals surface area contributed by atoms with Crippen LogP contribution in [-0.4, -0.2) is 50.5 Å². The first kappa shape index (κ1) is 30.3. The first-order valence-corrected chi connectivity index (χ1v) is 15.0.